The lowest BCUT2D eigenvalue weighted by molar-refractivity contribution is 0.0956. The molecule has 1 aromatic carbocycles. The van der Waals surface area contributed by atoms with Crippen molar-refractivity contribution in [1.29, 1.82) is 0 Å². The molecule has 3 heteroatoms. The van der Waals surface area contributed by atoms with E-state index < -0.39 is 6.10 Å². The molecule has 0 aliphatic carbocycles. The molecule has 0 aromatic heterocycles. The summed E-state index contributed by atoms with van der Waals surface area (Å²) in [7, 11) is 0.118. The molecule has 0 radical (unpaired) electrons. The molecule has 1 atom stereocenters. The maximum atomic E-state index is 9.35. The van der Waals surface area contributed by atoms with Crippen LogP contribution in [-0.2, 0) is 10.9 Å². The van der Waals surface area contributed by atoms with Gasteiger partial charge in [0.25, 0.3) is 0 Å². The normalized spacial score (nSPS) is 12.1. The Morgan fingerprint density at radius 2 is 1.87 bits per heavy atom. The molecule has 1 rings (SSSR count). The van der Waals surface area contributed by atoms with Gasteiger partial charge in [0.15, 0.2) is 5.25 Å². The molecule has 0 heterocycles. The maximum absolute atomic E-state index is 9.35. The first kappa shape index (κ1) is 12.1. The Balaban J connectivity index is 2.78. The Bertz CT molecular complexity index is 359. The van der Waals surface area contributed by atoms with E-state index >= 15 is 0 Å². The van der Waals surface area contributed by atoms with Gasteiger partial charge < -0.3 is 10.2 Å². The fourth-order valence-corrected chi connectivity index (χ4v) is 1.38. The number of hydrogen-bond acceptors (Lipinski definition) is 2. The summed E-state index contributed by atoms with van der Waals surface area (Å²) in [5, 5.41) is 21.2. The van der Waals surface area contributed by atoms with Crippen LogP contribution in [0.25, 0.3) is 0 Å². The molecule has 1 aromatic rings. The molecule has 15 heavy (non-hydrogen) atoms. The quantitative estimate of drug-likeness (QED) is 0.577. The van der Waals surface area contributed by atoms with Gasteiger partial charge in [0, 0.05) is 5.56 Å². The molecule has 0 saturated heterocycles. The molecule has 0 spiro atoms. The van der Waals surface area contributed by atoms with Gasteiger partial charge in [-0.1, -0.05) is 12.1 Å². The zero-order valence-electron chi connectivity index (χ0n) is 8.90. The van der Waals surface area contributed by atoms with E-state index in [1.165, 1.54) is 0 Å². The van der Waals surface area contributed by atoms with E-state index in [1.54, 1.807) is 12.1 Å². The van der Waals surface area contributed by atoms with Crippen molar-refractivity contribution in [3.8, 4) is 11.2 Å². The molecule has 0 amide bonds. The van der Waals surface area contributed by atoms with Gasteiger partial charge in [-0.05, 0) is 23.6 Å². The standard InChI is InChI=1S/C12H15O2S/c1-15(2)8-7-10-3-5-11(6-4-10)12(14)9-13/h3-6,12-14H,9H2,1-2H3/q+1/t12-/m1/s1. The van der Waals surface area contributed by atoms with Crippen LogP contribution in [0.2, 0.25) is 0 Å². The van der Waals surface area contributed by atoms with Crippen LogP contribution in [0.15, 0.2) is 24.3 Å². The van der Waals surface area contributed by atoms with E-state index in [0.29, 0.717) is 0 Å². The molecule has 0 unspecified atom stereocenters. The summed E-state index contributed by atoms with van der Waals surface area (Å²) in [6.07, 6.45) is 3.34. The molecule has 2 nitrogen and oxygen atoms in total. The summed E-state index contributed by atoms with van der Waals surface area (Å²) in [5.41, 5.74) is 1.65. The number of rotatable bonds is 2. The summed E-state index contributed by atoms with van der Waals surface area (Å²) in [6, 6.07) is 7.28. The fraction of sp³-hybridized carbons (Fsp3) is 0.333. The lowest BCUT2D eigenvalue weighted by atomic mass is 10.1. The van der Waals surface area contributed by atoms with E-state index in [0.717, 1.165) is 11.1 Å². The van der Waals surface area contributed by atoms with Crippen molar-refractivity contribution < 1.29 is 10.2 Å². The SMILES string of the molecule is C[S+](C)C#Cc1ccc([C@H](O)CO)cc1. The minimum atomic E-state index is -0.793. The van der Waals surface area contributed by atoms with Gasteiger partial charge in [0.2, 0.25) is 0 Å². The molecule has 0 aliphatic rings. The van der Waals surface area contributed by atoms with Crippen LogP contribution < -0.4 is 0 Å². The van der Waals surface area contributed by atoms with Crippen LogP contribution in [0.4, 0.5) is 0 Å². The van der Waals surface area contributed by atoms with Gasteiger partial charge in [0.05, 0.1) is 17.5 Å². The zero-order valence-corrected chi connectivity index (χ0v) is 9.71. The van der Waals surface area contributed by atoms with Gasteiger partial charge in [-0.3, -0.25) is 0 Å². The second kappa shape index (κ2) is 5.82. The molecular formula is C12H15O2S+. The molecule has 2 N–H and O–H groups in total. The highest BCUT2D eigenvalue weighted by molar-refractivity contribution is 8.00. The van der Waals surface area contributed by atoms with E-state index in [2.05, 4.69) is 23.7 Å². The first-order valence-corrected chi connectivity index (χ1v) is 6.65. The lowest BCUT2D eigenvalue weighted by Crippen LogP contribution is -2.01. The molecule has 0 saturated carbocycles. The summed E-state index contributed by atoms with van der Waals surface area (Å²) in [6.45, 7) is -0.252. The van der Waals surface area contributed by atoms with Crippen LogP contribution in [0.3, 0.4) is 0 Å². The van der Waals surface area contributed by atoms with Crippen LogP contribution in [0.5, 0.6) is 0 Å². The third-order valence-electron chi connectivity index (χ3n) is 1.87. The lowest BCUT2D eigenvalue weighted by Gasteiger charge is -2.06. The second-order valence-corrected chi connectivity index (χ2v) is 5.20. The highest BCUT2D eigenvalue weighted by Crippen LogP contribution is 2.12. The molecule has 0 bridgehead atoms. The Kier molecular flexibility index (Phi) is 4.70. The van der Waals surface area contributed by atoms with Crippen molar-refractivity contribution in [2.45, 2.75) is 6.10 Å². The average Bonchev–Trinajstić information content (AvgIpc) is 2.26. The number of aliphatic hydroxyl groups is 2. The molecule has 0 aliphatic heterocycles. The minimum Gasteiger partial charge on any atom is -0.393 e. The van der Waals surface area contributed by atoms with E-state index in [4.69, 9.17) is 5.11 Å². The Labute approximate surface area is 93.3 Å². The summed E-state index contributed by atoms with van der Waals surface area (Å²) < 4.78 is 0. The second-order valence-electron chi connectivity index (χ2n) is 3.36. The van der Waals surface area contributed by atoms with Gasteiger partial charge >= 0.3 is 0 Å². The first-order chi connectivity index (χ1) is 7.13. The largest absolute Gasteiger partial charge is 0.393 e. The predicted octanol–water partition coefficient (Wildman–Crippen LogP) is 0.899. The smallest absolute Gasteiger partial charge is 0.156 e. The van der Waals surface area contributed by atoms with Crippen LogP contribution in [0.1, 0.15) is 17.2 Å². The van der Waals surface area contributed by atoms with Crippen molar-refractivity contribution in [2.24, 2.45) is 0 Å². The van der Waals surface area contributed by atoms with E-state index in [-0.39, 0.29) is 17.5 Å². The Morgan fingerprint density at radius 3 is 2.33 bits per heavy atom. The first-order valence-electron chi connectivity index (χ1n) is 4.61. The monoisotopic (exact) mass is 223 g/mol. The molecular weight excluding hydrogens is 208 g/mol. The maximum Gasteiger partial charge on any atom is 0.156 e. The van der Waals surface area contributed by atoms with Gasteiger partial charge in [-0.15, -0.1) is 0 Å². The Morgan fingerprint density at radius 1 is 1.27 bits per heavy atom. The Hall–Kier alpha value is -0.950. The summed E-state index contributed by atoms with van der Waals surface area (Å²) in [4.78, 5) is 0. The highest BCUT2D eigenvalue weighted by atomic mass is 32.2. The number of benzene rings is 1. The predicted molar refractivity (Wildman–Crippen MR) is 64.6 cm³/mol. The molecule has 80 valence electrons. The van der Waals surface area contributed by atoms with E-state index in [1.807, 2.05) is 12.1 Å². The molecule has 0 fully saturated rings. The zero-order chi connectivity index (χ0) is 11.3. The third-order valence-corrected chi connectivity index (χ3v) is 2.38. The van der Waals surface area contributed by atoms with Gasteiger partial charge in [0.1, 0.15) is 18.6 Å². The highest BCUT2D eigenvalue weighted by Gasteiger charge is 2.04. The summed E-state index contributed by atoms with van der Waals surface area (Å²) >= 11 is 0. The van der Waals surface area contributed by atoms with Gasteiger partial charge in [-0.2, -0.15) is 0 Å². The van der Waals surface area contributed by atoms with E-state index in [9.17, 15) is 5.11 Å². The number of aliphatic hydroxyl groups excluding tert-OH is 2. The van der Waals surface area contributed by atoms with Crippen molar-refractivity contribution in [1.82, 2.24) is 0 Å². The minimum absolute atomic E-state index is 0.118. The average molecular weight is 223 g/mol. The van der Waals surface area contributed by atoms with Crippen molar-refractivity contribution in [3.05, 3.63) is 35.4 Å². The van der Waals surface area contributed by atoms with Crippen molar-refractivity contribution in [3.63, 3.8) is 0 Å². The van der Waals surface area contributed by atoms with Gasteiger partial charge in [-0.25, -0.2) is 0 Å². The van der Waals surface area contributed by atoms with Crippen LogP contribution in [-0.4, -0.2) is 29.3 Å². The topological polar surface area (TPSA) is 40.5 Å². The third kappa shape index (κ3) is 3.96. The van der Waals surface area contributed by atoms with Crippen LogP contribution in [0, 0.1) is 11.2 Å². The van der Waals surface area contributed by atoms with Crippen molar-refractivity contribution >= 4 is 10.9 Å². The van der Waals surface area contributed by atoms with Crippen LogP contribution >= 0.6 is 0 Å². The van der Waals surface area contributed by atoms with Crippen molar-refractivity contribution in [2.75, 3.05) is 19.1 Å². The summed E-state index contributed by atoms with van der Waals surface area (Å²) in [5.74, 6) is 3.05. The fourth-order valence-electron chi connectivity index (χ4n) is 1.05. The number of hydrogen-bond donors (Lipinski definition) is 2.